The molecule has 0 aliphatic carbocycles. The summed E-state index contributed by atoms with van der Waals surface area (Å²) in [6.07, 6.45) is 1.66. The number of non-ortho nitro benzene ring substituents is 1. The minimum atomic E-state index is -0.452. The lowest BCUT2D eigenvalue weighted by Crippen LogP contribution is -1.88. The molecule has 0 spiro atoms. The largest absolute Gasteiger partial charge is 0.269 e. The molecule has 0 saturated carbocycles. The fourth-order valence-corrected chi connectivity index (χ4v) is 4.20. The van der Waals surface area contributed by atoms with Crippen molar-refractivity contribution in [3.63, 3.8) is 0 Å². The number of pyridine rings is 1. The fourth-order valence-electron chi connectivity index (χ4n) is 2.82. The number of nitro benzene ring substituents is 1. The lowest BCUT2D eigenvalue weighted by Gasteiger charge is -2.03. The number of nitro groups is 1. The number of allylic oxidation sites excluding steroid dienone is 1. The van der Waals surface area contributed by atoms with E-state index >= 15 is 0 Å². The maximum atomic E-state index is 10.8. The van der Waals surface area contributed by atoms with Gasteiger partial charge < -0.3 is 0 Å². The minimum Gasteiger partial charge on any atom is -0.258 e. The van der Waals surface area contributed by atoms with Gasteiger partial charge in [-0.2, -0.15) is 5.26 Å². The molecule has 4 aromatic rings. The number of hydrogen-bond donors (Lipinski definition) is 0. The molecule has 0 fully saturated rings. The number of benzene rings is 2. The third kappa shape index (κ3) is 4.09. The van der Waals surface area contributed by atoms with Crippen molar-refractivity contribution in [2.45, 2.75) is 0 Å². The van der Waals surface area contributed by atoms with Crippen LogP contribution in [0.3, 0.4) is 0 Å². The molecule has 0 radical (unpaired) electrons. The van der Waals surface area contributed by atoms with E-state index in [1.807, 2.05) is 24.3 Å². The molecule has 0 amide bonds. The van der Waals surface area contributed by atoms with Crippen LogP contribution in [0.5, 0.6) is 0 Å². The monoisotopic (exact) mass is 496 g/mol. The third-order valence-electron chi connectivity index (χ3n) is 4.29. The molecule has 0 atom stereocenters. The van der Waals surface area contributed by atoms with E-state index in [4.69, 9.17) is 11.6 Å². The van der Waals surface area contributed by atoms with E-state index in [1.165, 1.54) is 23.5 Å². The van der Waals surface area contributed by atoms with Gasteiger partial charge >= 0.3 is 0 Å². The van der Waals surface area contributed by atoms with Crippen molar-refractivity contribution < 1.29 is 4.92 Å². The Balaban J connectivity index is 1.70. The van der Waals surface area contributed by atoms with E-state index < -0.39 is 4.92 Å². The van der Waals surface area contributed by atoms with Crippen LogP contribution < -0.4 is 0 Å². The van der Waals surface area contributed by atoms with Gasteiger partial charge in [-0.05, 0) is 42.5 Å². The van der Waals surface area contributed by atoms with E-state index in [9.17, 15) is 15.4 Å². The zero-order valence-corrected chi connectivity index (χ0v) is 18.2. The smallest absolute Gasteiger partial charge is 0.258 e. The normalized spacial score (nSPS) is 11.4. The first-order valence-corrected chi connectivity index (χ1v) is 10.6. The number of hydrogen-bond acceptors (Lipinski definition) is 6. The second kappa shape index (κ2) is 8.32. The molecule has 146 valence electrons. The van der Waals surface area contributed by atoms with Crippen molar-refractivity contribution in [2.24, 2.45) is 0 Å². The Bertz CT molecular complexity index is 1360. The Morgan fingerprint density at radius 2 is 1.97 bits per heavy atom. The van der Waals surface area contributed by atoms with E-state index in [-0.39, 0.29) is 5.69 Å². The number of halogens is 2. The van der Waals surface area contributed by atoms with Gasteiger partial charge in [0.2, 0.25) is 0 Å². The molecule has 0 unspecified atom stereocenters. The van der Waals surface area contributed by atoms with Gasteiger partial charge in [0.15, 0.2) is 0 Å². The van der Waals surface area contributed by atoms with Crippen molar-refractivity contribution in [3.8, 4) is 17.3 Å². The number of nitriles is 1. The molecule has 2 heterocycles. The lowest BCUT2D eigenvalue weighted by molar-refractivity contribution is -0.384. The summed E-state index contributed by atoms with van der Waals surface area (Å²) in [6.45, 7) is 0. The fraction of sp³-hybridized carbons (Fsp3) is 0. The number of rotatable bonds is 4. The van der Waals surface area contributed by atoms with Crippen LogP contribution in [-0.2, 0) is 0 Å². The Morgan fingerprint density at radius 1 is 1.20 bits per heavy atom. The summed E-state index contributed by atoms with van der Waals surface area (Å²) in [5, 5.41) is 24.0. The topological polar surface area (TPSA) is 92.7 Å². The van der Waals surface area contributed by atoms with Gasteiger partial charge in [-0.1, -0.05) is 27.5 Å². The molecular weight excluding hydrogens is 488 g/mol. The van der Waals surface area contributed by atoms with Crippen LogP contribution in [0.4, 0.5) is 5.69 Å². The molecule has 2 aromatic heterocycles. The van der Waals surface area contributed by atoms with Crippen LogP contribution in [0.25, 0.3) is 33.8 Å². The van der Waals surface area contributed by atoms with Crippen molar-refractivity contribution in [3.05, 3.63) is 84.2 Å². The Labute approximate surface area is 188 Å². The molecule has 30 heavy (non-hydrogen) atoms. The Hall–Kier alpha value is -3.12. The lowest BCUT2D eigenvalue weighted by atomic mass is 10.1. The first-order chi connectivity index (χ1) is 14.4. The molecular formula is C21H10BrClN4O2S. The van der Waals surface area contributed by atoms with Crippen molar-refractivity contribution in [1.82, 2.24) is 9.97 Å². The maximum absolute atomic E-state index is 10.8. The molecule has 9 heteroatoms. The molecule has 4 rings (SSSR count). The Morgan fingerprint density at radius 3 is 2.67 bits per heavy atom. The van der Waals surface area contributed by atoms with Crippen LogP contribution in [0, 0.1) is 21.4 Å². The van der Waals surface area contributed by atoms with Gasteiger partial charge in [0.25, 0.3) is 5.69 Å². The van der Waals surface area contributed by atoms with E-state index in [0.717, 1.165) is 20.9 Å². The second-order valence-corrected chi connectivity index (χ2v) is 8.35. The summed E-state index contributed by atoms with van der Waals surface area (Å²) in [5.74, 6) is 0. The van der Waals surface area contributed by atoms with Crippen LogP contribution in [0.2, 0.25) is 5.15 Å². The summed E-state index contributed by atoms with van der Waals surface area (Å²) in [6, 6.07) is 15.8. The van der Waals surface area contributed by atoms with Gasteiger partial charge in [0.05, 0.1) is 21.7 Å². The van der Waals surface area contributed by atoms with Gasteiger partial charge in [0, 0.05) is 38.5 Å². The average Bonchev–Trinajstić information content (AvgIpc) is 3.22. The highest BCUT2D eigenvalue weighted by molar-refractivity contribution is 9.10. The van der Waals surface area contributed by atoms with Gasteiger partial charge in [-0.15, -0.1) is 11.3 Å². The third-order valence-corrected chi connectivity index (χ3v) is 5.96. The van der Waals surface area contributed by atoms with Crippen molar-refractivity contribution >= 4 is 67.1 Å². The van der Waals surface area contributed by atoms with E-state index in [1.54, 1.807) is 23.6 Å². The minimum absolute atomic E-state index is 0.0110. The molecule has 0 N–H and O–H groups in total. The summed E-state index contributed by atoms with van der Waals surface area (Å²) in [4.78, 5) is 19.3. The quantitative estimate of drug-likeness (QED) is 0.135. The van der Waals surface area contributed by atoms with Crippen molar-refractivity contribution in [1.29, 1.82) is 5.26 Å². The van der Waals surface area contributed by atoms with Crippen LogP contribution >= 0.6 is 38.9 Å². The highest BCUT2D eigenvalue weighted by Gasteiger charge is 2.12. The van der Waals surface area contributed by atoms with Crippen molar-refractivity contribution in [2.75, 3.05) is 0 Å². The number of nitrogens with zero attached hydrogens (tertiary/aromatic N) is 4. The number of thiazole rings is 1. The first-order valence-electron chi connectivity index (χ1n) is 8.53. The summed E-state index contributed by atoms with van der Waals surface area (Å²) >= 11 is 11.1. The average molecular weight is 498 g/mol. The predicted molar refractivity (Wildman–Crippen MR) is 122 cm³/mol. The summed E-state index contributed by atoms with van der Waals surface area (Å²) in [7, 11) is 0. The van der Waals surface area contributed by atoms with E-state index in [2.05, 4.69) is 32.0 Å². The second-order valence-electron chi connectivity index (χ2n) is 6.22. The number of fused-ring (bicyclic) bond motifs is 1. The van der Waals surface area contributed by atoms with Gasteiger partial charge in [-0.3, -0.25) is 10.1 Å². The van der Waals surface area contributed by atoms with Crippen LogP contribution in [0.15, 0.2) is 58.4 Å². The standard InChI is InChI=1S/C21H10BrClN4O2S/c22-16-3-6-18-13(9-16)7-14(20(23)25-18)8-15(10-24)21-26-19(11-30-21)12-1-4-17(5-2-12)27(28)29/h1-9,11H/b15-8+. The molecule has 6 nitrogen and oxygen atoms in total. The van der Waals surface area contributed by atoms with Gasteiger partial charge in [0.1, 0.15) is 16.2 Å². The zero-order valence-electron chi connectivity index (χ0n) is 15.0. The van der Waals surface area contributed by atoms with Crippen LogP contribution in [0.1, 0.15) is 10.6 Å². The molecule has 0 aliphatic rings. The number of aromatic nitrogens is 2. The zero-order chi connectivity index (χ0) is 21.3. The van der Waals surface area contributed by atoms with Gasteiger partial charge in [-0.25, -0.2) is 9.97 Å². The Kier molecular flexibility index (Phi) is 5.59. The molecule has 0 saturated heterocycles. The van der Waals surface area contributed by atoms with E-state index in [0.29, 0.717) is 27.0 Å². The highest BCUT2D eigenvalue weighted by Crippen LogP contribution is 2.30. The maximum Gasteiger partial charge on any atom is 0.269 e. The summed E-state index contributed by atoms with van der Waals surface area (Å²) in [5.41, 5.74) is 3.11. The summed E-state index contributed by atoms with van der Waals surface area (Å²) < 4.78 is 0.919. The molecule has 2 aromatic carbocycles. The molecule has 0 aliphatic heterocycles. The SMILES string of the molecule is N#C/C(=C\c1cc2cc(Br)ccc2nc1Cl)c1nc(-c2ccc([N+](=O)[O-])cc2)cs1. The van der Waals surface area contributed by atoms with Crippen LogP contribution in [-0.4, -0.2) is 14.9 Å². The first kappa shape index (κ1) is 20.2. The predicted octanol–water partition coefficient (Wildman–Crippen LogP) is 6.75. The highest BCUT2D eigenvalue weighted by atomic mass is 79.9. The molecule has 0 bridgehead atoms.